The third-order valence-corrected chi connectivity index (χ3v) is 0.763. The van der Waals surface area contributed by atoms with Crippen LogP contribution in [-0.4, -0.2) is 29.7 Å². The fourth-order valence-electron chi connectivity index (χ4n) is 0.136. The van der Waals surface area contributed by atoms with Gasteiger partial charge in [-0.2, -0.15) is 0 Å². The van der Waals surface area contributed by atoms with Crippen LogP contribution >= 0.6 is 0 Å². The average molecular weight is 150 g/mol. The van der Waals surface area contributed by atoms with E-state index in [1.807, 2.05) is 11.1 Å². The van der Waals surface area contributed by atoms with Crippen molar-refractivity contribution in [2.45, 2.75) is 0 Å². The summed E-state index contributed by atoms with van der Waals surface area (Å²) in [7, 11) is 1.67. The fourth-order valence-corrected chi connectivity index (χ4v) is 0.300. The van der Waals surface area contributed by atoms with Crippen molar-refractivity contribution in [2.75, 3.05) is 13.7 Å². The van der Waals surface area contributed by atoms with Crippen molar-refractivity contribution in [1.29, 1.82) is 0 Å². The zero-order valence-corrected chi connectivity index (χ0v) is 5.39. The topological polar surface area (TPSA) is 9.23 Å². The Balaban J connectivity index is 2.66. The quantitative estimate of drug-likeness (QED) is 0.515. The van der Waals surface area contributed by atoms with Crippen molar-refractivity contribution in [3.63, 3.8) is 0 Å². The van der Waals surface area contributed by atoms with Crippen LogP contribution in [0.25, 0.3) is 0 Å². The number of hydrogen-bond donors (Lipinski definition) is 0. The second-order valence-corrected chi connectivity index (χ2v) is 1.40. The van der Waals surface area contributed by atoms with Crippen LogP contribution in [0.5, 0.6) is 0 Å². The molecule has 0 fully saturated rings. The van der Waals surface area contributed by atoms with E-state index in [1.165, 1.54) is 0 Å². The molecule has 0 unspecified atom stereocenters. The zero-order chi connectivity index (χ0) is 4.83. The van der Waals surface area contributed by atoms with E-state index in [0.29, 0.717) is 6.61 Å². The molecule has 1 radical (unpaired) electrons. The summed E-state index contributed by atoms with van der Waals surface area (Å²) in [6, 6.07) is 0. The first-order valence-corrected chi connectivity index (χ1v) is 2.66. The Morgan fingerprint density at radius 3 is 2.67 bits per heavy atom. The van der Waals surface area contributed by atoms with Gasteiger partial charge in [-0.25, -0.2) is 0 Å². The minimum absolute atomic E-state index is 0.701. The molecule has 1 nitrogen and oxygen atoms in total. The van der Waals surface area contributed by atoms with E-state index in [-0.39, 0.29) is 0 Å². The summed E-state index contributed by atoms with van der Waals surface area (Å²) < 4.78 is 4.68. The van der Waals surface area contributed by atoms with E-state index in [0.717, 1.165) is 0 Å². The van der Waals surface area contributed by atoms with Gasteiger partial charge >= 0.3 is 45.5 Å². The van der Waals surface area contributed by atoms with E-state index < -0.39 is 0 Å². The molecule has 0 saturated carbocycles. The monoisotopic (exact) mass is 151 g/mol. The SMILES string of the molecule is COC/C=C/[Se]. The Bertz CT molecular complexity index is 42.8. The molecule has 0 atom stereocenters. The molecule has 35 valence electrons. The molecular weight excluding hydrogens is 143 g/mol. The molecule has 0 heterocycles. The summed E-state index contributed by atoms with van der Waals surface area (Å²) in [5.74, 6) is 0. The van der Waals surface area contributed by atoms with Crippen LogP contribution < -0.4 is 0 Å². The van der Waals surface area contributed by atoms with Gasteiger partial charge < -0.3 is 0 Å². The fraction of sp³-hybridized carbons (Fsp3) is 0.500. The first-order valence-electron chi connectivity index (χ1n) is 1.67. The molecule has 0 rings (SSSR count). The molecule has 0 N–H and O–H groups in total. The molecular formula is C4H7OSe. The van der Waals surface area contributed by atoms with Crippen molar-refractivity contribution in [3.8, 4) is 0 Å². The van der Waals surface area contributed by atoms with E-state index in [2.05, 4.69) is 20.7 Å². The van der Waals surface area contributed by atoms with Gasteiger partial charge in [0.05, 0.1) is 0 Å². The van der Waals surface area contributed by atoms with Crippen LogP contribution in [0, 0.1) is 0 Å². The average Bonchev–Trinajstić information content (AvgIpc) is 1.61. The predicted octanol–water partition coefficient (Wildman–Crippen LogP) is 0.315. The van der Waals surface area contributed by atoms with Crippen molar-refractivity contribution in [3.05, 3.63) is 11.1 Å². The molecule has 0 aromatic carbocycles. The molecule has 0 aromatic rings. The number of rotatable bonds is 2. The predicted molar refractivity (Wildman–Crippen MR) is 26.8 cm³/mol. The van der Waals surface area contributed by atoms with E-state index in [9.17, 15) is 0 Å². The van der Waals surface area contributed by atoms with Gasteiger partial charge in [-0.3, -0.25) is 0 Å². The Hall–Kier alpha value is 0.219. The van der Waals surface area contributed by atoms with Crippen LogP contribution in [0.1, 0.15) is 0 Å². The van der Waals surface area contributed by atoms with Crippen LogP contribution in [0.2, 0.25) is 0 Å². The summed E-state index contributed by atoms with van der Waals surface area (Å²) in [5.41, 5.74) is 0. The third-order valence-electron chi connectivity index (χ3n) is 0.359. The van der Waals surface area contributed by atoms with Gasteiger partial charge in [0, 0.05) is 0 Å². The Morgan fingerprint density at radius 1 is 1.83 bits per heavy atom. The Labute approximate surface area is 46.2 Å². The van der Waals surface area contributed by atoms with E-state index >= 15 is 0 Å². The van der Waals surface area contributed by atoms with Crippen molar-refractivity contribution in [2.24, 2.45) is 0 Å². The molecule has 0 aliphatic carbocycles. The van der Waals surface area contributed by atoms with Crippen molar-refractivity contribution >= 4 is 16.0 Å². The number of hydrogen-bond acceptors (Lipinski definition) is 1. The second kappa shape index (κ2) is 5.22. The first kappa shape index (κ1) is 6.22. The Kier molecular flexibility index (Phi) is 5.41. The van der Waals surface area contributed by atoms with Crippen LogP contribution in [0.3, 0.4) is 0 Å². The van der Waals surface area contributed by atoms with Gasteiger partial charge in [-0.1, -0.05) is 0 Å². The second-order valence-electron chi connectivity index (χ2n) is 0.827. The van der Waals surface area contributed by atoms with Gasteiger partial charge in [0.1, 0.15) is 0 Å². The van der Waals surface area contributed by atoms with Crippen molar-refractivity contribution < 1.29 is 4.74 Å². The summed E-state index contributed by atoms with van der Waals surface area (Å²) in [5, 5.41) is 0. The molecule has 0 aliphatic heterocycles. The van der Waals surface area contributed by atoms with Crippen LogP contribution in [0.4, 0.5) is 0 Å². The Morgan fingerprint density at radius 2 is 2.50 bits per heavy atom. The van der Waals surface area contributed by atoms with Gasteiger partial charge in [-0.15, -0.1) is 0 Å². The normalized spacial score (nSPS) is 10.2. The van der Waals surface area contributed by atoms with Crippen LogP contribution in [-0.2, 0) is 4.74 Å². The van der Waals surface area contributed by atoms with Gasteiger partial charge in [0.2, 0.25) is 0 Å². The zero-order valence-electron chi connectivity index (χ0n) is 3.68. The molecule has 0 aliphatic rings. The summed E-state index contributed by atoms with van der Waals surface area (Å²) in [6.07, 6.45) is 1.90. The van der Waals surface area contributed by atoms with Gasteiger partial charge in [0.25, 0.3) is 0 Å². The van der Waals surface area contributed by atoms with Gasteiger partial charge in [-0.05, 0) is 0 Å². The summed E-state index contributed by atoms with van der Waals surface area (Å²) >= 11 is 2.72. The molecule has 2 heteroatoms. The molecule has 0 aromatic heterocycles. The molecule has 0 spiro atoms. The molecule has 0 bridgehead atoms. The van der Waals surface area contributed by atoms with Crippen molar-refractivity contribution in [1.82, 2.24) is 0 Å². The standard InChI is InChI=1S/C4H7OSe/c1-5-3-2-4-6/h2,4H,3H2,1H3/b4-2+. The molecule has 0 amide bonds. The minimum atomic E-state index is 0.701. The maximum absolute atomic E-state index is 4.68. The summed E-state index contributed by atoms with van der Waals surface area (Å²) in [6.45, 7) is 0.701. The van der Waals surface area contributed by atoms with E-state index in [4.69, 9.17) is 0 Å². The maximum atomic E-state index is 4.68. The van der Waals surface area contributed by atoms with Gasteiger partial charge in [0.15, 0.2) is 0 Å². The summed E-state index contributed by atoms with van der Waals surface area (Å²) in [4.78, 5) is 1.84. The molecule has 6 heavy (non-hydrogen) atoms. The third kappa shape index (κ3) is 4.22. The van der Waals surface area contributed by atoms with E-state index in [1.54, 1.807) is 7.11 Å². The molecule has 0 saturated heterocycles. The first-order chi connectivity index (χ1) is 2.91. The number of methoxy groups -OCH3 is 1. The van der Waals surface area contributed by atoms with Crippen LogP contribution in [0.15, 0.2) is 11.1 Å². The number of ether oxygens (including phenoxy) is 1.